The van der Waals surface area contributed by atoms with Crippen LogP contribution in [0.15, 0.2) is 99.7 Å². The number of hydrogen-bond donors (Lipinski definition) is 13. The number of carbonyl (C=O) groups is 10. The molecule has 2 aromatic carbocycles. The zero-order valence-corrected chi connectivity index (χ0v) is 59.3. The van der Waals surface area contributed by atoms with Crippen molar-refractivity contribution >= 4 is 87.4 Å². The molecule has 1 aliphatic heterocycles. The number of pyridine rings is 1. The molecule has 15 N–H and O–H groups in total. The van der Waals surface area contributed by atoms with Crippen molar-refractivity contribution in [2.45, 2.75) is 198 Å². The normalized spacial score (nSPS) is 14.0. The Balaban J connectivity index is 1.27. The molecule has 1 fully saturated rings. The molecule has 4 rings (SSSR count). The van der Waals surface area contributed by atoms with Crippen molar-refractivity contribution in [3.05, 3.63) is 101 Å². The lowest BCUT2D eigenvalue weighted by molar-refractivity contribution is -0.139. The Kier molecular flexibility index (Phi) is 36.9. The predicted molar refractivity (Wildman–Crippen MR) is 379 cm³/mol. The first kappa shape index (κ1) is 82.9. The van der Waals surface area contributed by atoms with E-state index < -0.39 is 93.9 Å². The number of rotatable bonds is 44. The quantitative estimate of drug-likeness (QED) is 0.0124. The molecular weight excluding hydrogens is 1310 g/mol. The number of guanidine groups is 1. The van der Waals surface area contributed by atoms with E-state index in [0.29, 0.717) is 89.3 Å². The second-order valence-corrected chi connectivity index (χ2v) is 27.1. The van der Waals surface area contributed by atoms with Gasteiger partial charge in [-0.3, -0.25) is 58.1 Å². The van der Waals surface area contributed by atoms with Crippen molar-refractivity contribution in [3.8, 4) is 0 Å². The van der Waals surface area contributed by atoms with Gasteiger partial charge in [0, 0.05) is 63.0 Å². The van der Waals surface area contributed by atoms with Crippen LogP contribution in [0.3, 0.4) is 0 Å². The molecule has 2 heterocycles. The summed E-state index contributed by atoms with van der Waals surface area (Å²) in [6.45, 7) is 11.4. The smallest absolute Gasteiger partial charge is 0.407 e. The molecule has 1 aromatic heterocycles. The summed E-state index contributed by atoms with van der Waals surface area (Å²) in [5.74, 6) is -4.32. The fraction of sp³-hybridized carbons (Fsp3) is 0.551. The number of hydrazone groups is 1. The van der Waals surface area contributed by atoms with Crippen molar-refractivity contribution in [2.24, 2.45) is 27.5 Å². The summed E-state index contributed by atoms with van der Waals surface area (Å²) < 4.78 is 37.9. The standard InChI is InChI=1S/C69H104N16O14S/c1-7-23-51(27-14-8-9-15-31-58(86)72-39-40-73-62(90)50-34-36-57(76-43-50)84-79-44-49-26-17-18-30-56(49)100(96,97)98)80-65(93)54(42-47(2)3)83-64(92)53(35-33-48-24-12-10-13-25-48)81-60(88)45-78-63(91)52(28-19-21-37-74-67(70)71)82-66(94)55-29-22-41-85(55)61(89)46-77-59(87)32-16-11-20-38-75-68(95)99-69(4,5)6/h10,12-13,17-18,24-27,30,34,36,43-44,47,52-55H,7-9,11,14-16,19-23,28-29,31-33,35,37-42,45-46H2,1-6H3,(H,72,86)(H,73,90)(H,75,95)(H,76,84)(H,77,87)(H,78,91)(H,80,93)(H,81,88)(H,82,94)(H,83,92)(H4,70,71,74)(H,96,97,98)/b51-27-,79-44+/t52-,53-,54-,55-/m0/s1. The van der Waals surface area contributed by atoms with E-state index in [1.54, 1.807) is 26.8 Å². The number of unbranched alkanes of at least 4 members (excludes halogenated alkanes) is 6. The average Bonchev–Trinajstić information content (AvgIpc) is 1.28. The maximum Gasteiger partial charge on any atom is 0.407 e. The number of nitrogens with one attached hydrogen (secondary N) is 10. The summed E-state index contributed by atoms with van der Waals surface area (Å²) in [4.78, 5) is 143. The minimum absolute atomic E-state index is 0.0326. The minimum Gasteiger partial charge on any atom is -0.444 e. The summed E-state index contributed by atoms with van der Waals surface area (Å²) >= 11 is 0. The van der Waals surface area contributed by atoms with Gasteiger partial charge in [-0.1, -0.05) is 94.6 Å². The molecule has 10 amide bonds. The van der Waals surface area contributed by atoms with E-state index in [9.17, 15) is 60.9 Å². The van der Waals surface area contributed by atoms with Crippen LogP contribution in [-0.4, -0.2) is 170 Å². The first-order valence-corrected chi connectivity index (χ1v) is 35.7. The number of alkyl carbamates (subject to hydrolysis) is 1. The van der Waals surface area contributed by atoms with Crippen LogP contribution in [-0.2, 0) is 59.6 Å². The number of aryl methyl sites for hydroxylation is 1. The monoisotopic (exact) mass is 1410 g/mol. The molecule has 550 valence electrons. The fourth-order valence-corrected chi connectivity index (χ4v) is 11.2. The van der Waals surface area contributed by atoms with E-state index in [1.165, 1.54) is 47.6 Å². The van der Waals surface area contributed by atoms with Crippen LogP contribution in [0.1, 0.15) is 179 Å². The van der Waals surface area contributed by atoms with Crippen molar-refractivity contribution in [1.82, 2.24) is 57.7 Å². The number of nitrogens with zero attached hydrogens (tertiary/aromatic N) is 4. The minimum atomic E-state index is -4.45. The first-order chi connectivity index (χ1) is 47.6. The predicted octanol–water partition coefficient (Wildman–Crippen LogP) is 4.26. The Bertz CT molecular complexity index is 3360. The van der Waals surface area contributed by atoms with Crippen molar-refractivity contribution in [2.75, 3.05) is 51.2 Å². The molecule has 30 nitrogen and oxygen atoms in total. The van der Waals surface area contributed by atoms with Gasteiger partial charge in [0.05, 0.1) is 24.9 Å². The number of ether oxygens (including phenoxy) is 1. The van der Waals surface area contributed by atoms with Crippen molar-refractivity contribution in [1.29, 1.82) is 0 Å². The van der Waals surface area contributed by atoms with E-state index in [-0.39, 0.29) is 110 Å². The number of anilines is 1. The van der Waals surface area contributed by atoms with Crippen LogP contribution in [0.4, 0.5) is 10.6 Å². The summed E-state index contributed by atoms with van der Waals surface area (Å²) in [6, 6.07) is 13.9. The zero-order valence-electron chi connectivity index (χ0n) is 58.5. The van der Waals surface area contributed by atoms with E-state index in [0.717, 1.165) is 18.4 Å². The van der Waals surface area contributed by atoms with Gasteiger partial charge in [0.1, 0.15) is 40.5 Å². The third-order valence-corrected chi connectivity index (χ3v) is 16.4. The van der Waals surface area contributed by atoms with Crippen LogP contribution in [0.5, 0.6) is 0 Å². The lowest BCUT2D eigenvalue weighted by atomic mass is 10.0. The van der Waals surface area contributed by atoms with Gasteiger partial charge in [-0.25, -0.2) is 9.78 Å². The molecule has 0 saturated carbocycles. The first-order valence-electron chi connectivity index (χ1n) is 34.3. The van der Waals surface area contributed by atoms with E-state index in [2.05, 4.69) is 68.4 Å². The summed E-state index contributed by atoms with van der Waals surface area (Å²) in [6.07, 6.45) is 12.6. The summed E-state index contributed by atoms with van der Waals surface area (Å²) in [7, 11) is -4.45. The number of allylic oxidation sites excluding steroid dienone is 2. The summed E-state index contributed by atoms with van der Waals surface area (Å²) in [5, 5.41) is 28.9. The molecule has 0 unspecified atom stereocenters. The molecule has 100 heavy (non-hydrogen) atoms. The van der Waals surface area contributed by atoms with Gasteiger partial charge in [-0.2, -0.15) is 13.5 Å². The summed E-state index contributed by atoms with van der Waals surface area (Å²) in [5.41, 5.74) is 15.0. The molecule has 3 aromatic rings. The second-order valence-electron chi connectivity index (χ2n) is 25.7. The molecule has 31 heteroatoms. The van der Waals surface area contributed by atoms with Gasteiger partial charge in [0.25, 0.3) is 16.0 Å². The van der Waals surface area contributed by atoms with Crippen molar-refractivity contribution in [3.63, 3.8) is 0 Å². The molecule has 4 atom stereocenters. The Morgan fingerprint density at radius 2 is 1.40 bits per heavy atom. The van der Waals surface area contributed by atoms with Gasteiger partial charge >= 0.3 is 6.09 Å². The number of hydrogen-bond acceptors (Lipinski definition) is 17. The maximum atomic E-state index is 14.3. The lowest BCUT2D eigenvalue weighted by Crippen LogP contribution is -2.56. The average molecular weight is 1410 g/mol. The van der Waals surface area contributed by atoms with Gasteiger partial charge in [0.15, 0.2) is 5.96 Å². The van der Waals surface area contributed by atoms with Crippen LogP contribution < -0.4 is 64.7 Å². The van der Waals surface area contributed by atoms with Gasteiger partial charge in [0.2, 0.25) is 47.3 Å². The van der Waals surface area contributed by atoms with Gasteiger partial charge in [-0.05, 0) is 140 Å². The molecule has 0 radical (unpaired) electrons. The largest absolute Gasteiger partial charge is 0.444 e. The fourth-order valence-electron chi connectivity index (χ4n) is 10.5. The van der Waals surface area contributed by atoms with Crippen molar-refractivity contribution < 1.29 is 65.7 Å². The molecule has 1 aliphatic rings. The Hall–Kier alpha value is -9.52. The van der Waals surface area contributed by atoms with Gasteiger partial charge in [-0.15, -0.1) is 0 Å². The lowest BCUT2D eigenvalue weighted by Gasteiger charge is -2.27. The number of benzene rings is 2. The van der Waals surface area contributed by atoms with E-state index in [1.807, 2.05) is 57.2 Å². The molecule has 0 aliphatic carbocycles. The second kappa shape index (κ2) is 44.5. The topological polar surface area (TPSA) is 447 Å². The highest BCUT2D eigenvalue weighted by molar-refractivity contribution is 7.86. The number of carbonyl (C=O) groups excluding carboxylic acids is 10. The number of aromatic nitrogens is 1. The molecule has 0 spiro atoms. The van der Waals surface area contributed by atoms with Crippen LogP contribution in [0.2, 0.25) is 0 Å². The van der Waals surface area contributed by atoms with E-state index >= 15 is 0 Å². The third kappa shape index (κ3) is 33.8. The van der Waals surface area contributed by atoms with Crippen LogP contribution in [0.25, 0.3) is 0 Å². The van der Waals surface area contributed by atoms with E-state index in [4.69, 9.17) is 16.2 Å². The van der Waals surface area contributed by atoms with Gasteiger partial charge < -0.3 is 69.0 Å². The number of likely N-dealkylation sites (tertiary alicyclic amines) is 1. The highest BCUT2D eigenvalue weighted by atomic mass is 32.2. The Morgan fingerprint density at radius 1 is 0.710 bits per heavy atom. The number of aliphatic imine (C=N–C) groups is 1. The van der Waals surface area contributed by atoms with Crippen LogP contribution >= 0.6 is 0 Å². The maximum absolute atomic E-state index is 14.3. The molecule has 0 bridgehead atoms. The molecular formula is C69H104N16O14S. The highest BCUT2D eigenvalue weighted by Crippen LogP contribution is 2.20. The molecule has 1 saturated heterocycles. The SMILES string of the molecule is CCC/C(=C/CCCCCC(=O)NCCNC(=O)c1ccc(N/N=C/c2ccccc2S(=O)(=O)O)nc1)NC(=O)[C@H](CC(C)C)NC(=O)[C@H](CCc1ccccc1)NC(=O)CNC(=O)[C@H](CCCCN=C(N)N)NC(=O)[C@@H]1CCCN1C(=O)CNC(=O)CCCCCNC(=O)OC(C)(C)C. The van der Waals surface area contributed by atoms with Crippen LogP contribution in [0, 0.1) is 5.92 Å². The Labute approximate surface area is 586 Å². The Morgan fingerprint density at radius 3 is 2.08 bits per heavy atom. The highest BCUT2D eigenvalue weighted by Gasteiger charge is 2.36. The third-order valence-electron chi connectivity index (χ3n) is 15.5. The number of amides is 10. The number of nitrogens with two attached hydrogens (primary N) is 2. The zero-order chi connectivity index (χ0) is 73.5.